The van der Waals surface area contributed by atoms with Crippen molar-refractivity contribution in [3.8, 4) is 11.4 Å². The zero-order chi connectivity index (χ0) is 11.1. The van der Waals surface area contributed by atoms with Crippen molar-refractivity contribution in [2.24, 2.45) is 0 Å². The number of hydrogen-bond donors (Lipinski definition) is 1. The summed E-state index contributed by atoms with van der Waals surface area (Å²) in [5.74, 6) is 1.11. The number of nitrogens with zero attached hydrogens (tertiary/aromatic N) is 3. The molecule has 82 valence electrons. The number of nitrogen functional groups attached to an aromatic ring is 1. The maximum Gasteiger partial charge on any atom is 0.169 e. The summed E-state index contributed by atoms with van der Waals surface area (Å²) in [6.07, 6.45) is 1.94. The van der Waals surface area contributed by atoms with Gasteiger partial charge in [-0.15, -0.1) is 10.2 Å². The number of hydrogen-bond acceptors (Lipinski definition) is 3. The van der Waals surface area contributed by atoms with E-state index in [9.17, 15) is 4.39 Å². The Labute approximate surface area is 91.9 Å². The van der Waals surface area contributed by atoms with Crippen LogP contribution in [0.1, 0.15) is 12.2 Å². The van der Waals surface area contributed by atoms with Crippen LogP contribution in [-0.2, 0) is 13.0 Å². The van der Waals surface area contributed by atoms with Crippen LogP contribution in [0.2, 0.25) is 0 Å². The van der Waals surface area contributed by atoms with Crippen molar-refractivity contribution in [3.05, 3.63) is 29.8 Å². The molecule has 0 spiro atoms. The third-order valence-corrected chi connectivity index (χ3v) is 2.88. The predicted molar refractivity (Wildman–Crippen MR) is 58.1 cm³/mol. The molecule has 3 rings (SSSR count). The highest BCUT2D eigenvalue weighted by Gasteiger charge is 2.21. The summed E-state index contributed by atoms with van der Waals surface area (Å²) >= 11 is 0. The van der Waals surface area contributed by atoms with Crippen molar-refractivity contribution in [3.63, 3.8) is 0 Å². The highest BCUT2D eigenvalue weighted by atomic mass is 19.1. The first-order valence-electron chi connectivity index (χ1n) is 5.24. The molecule has 0 bridgehead atoms. The predicted octanol–water partition coefficient (Wildman–Crippen LogP) is 1.61. The monoisotopic (exact) mass is 218 g/mol. The van der Waals surface area contributed by atoms with Gasteiger partial charge in [-0.2, -0.15) is 0 Å². The molecule has 4 nitrogen and oxygen atoms in total. The molecule has 2 aromatic rings. The Kier molecular flexibility index (Phi) is 1.92. The van der Waals surface area contributed by atoms with E-state index in [1.807, 2.05) is 4.57 Å². The average molecular weight is 218 g/mol. The lowest BCUT2D eigenvalue weighted by molar-refractivity contribution is 0.627. The molecule has 16 heavy (non-hydrogen) atoms. The maximum atomic E-state index is 13.7. The molecule has 0 atom stereocenters. The summed E-state index contributed by atoms with van der Waals surface area (Å²) in [7, 11) is 0. The van der Waals surface area contributed by atoms with E-state index in [0.29, 0.717) is 17.1 Å². The molecular formula is C11H11FN4. The Morgan fingerprint density at radius 1 is 1.31 bits per heavy atom. The van der Waals surface area contributed by atoms with Crippen LogP contribution >= 0.6 is 0 Å². The molecule has 5 heteroatoms. The minimum absolute atomic E-state index is 0.345. The molecule has 0 saturated heterocycles. The van der Waals surface area contributed by atoms with Gasteiger partial charge < -0.3 is 10.3 Å². The lowest BCUT2D eigenvalue weighted by Crippen LogP contribution is -2.01. The van der Waals surface area contributed by atoms with Crippen LogP contribution in [0.15, 0.2) is 18.2 Å². The number of aryl methyl sites for hydroxylation is 1. The Balaban J connectivity index is 2.22. The number of anilines is 1. The molecule has 0 amide bonds. The van der Waals surface area contributed by atoms with E-state index in [1.165, 1.54) is 6.07 Å². The fourth-order valence-corrected chi connectivity index (χ4v) is 2.11. The molecule has 0 saturated carbocycles. The number of benzene rings is 1. The first-order chi connectivity index (χ1) is 7.77. The Morgan fingerprint density at radius 3 is 3.00 bits per heavy atom. The van der Waals surface area contributed by atoms with E-state index in [0.717, 1.165) is 25.2 Å². The lowest BCUT2D eigenvalue weighted by Gasteiger charge is -2.06. The highest BCUT2D eigenvalue weighted by molar-refractivity contribution is 5.72. The van der Waals surface area contributed by atoms with Gasteiger partial charge in [0.25, 0.3) is 0 Å². The number of aromatic nitrogens is 3. The second-order valence-corrected chi connectivity index (χ2v) is 3.90. The largest absolute Gasteiger partial charge is 0.398 e. The van der Waals surface area contributed by atoms with Crippen molar-refractivity contribution in [2.75, 3.05) is 5.73 Å². The van der Waals surface area contributed by atoms with Crippen LogP contribution < -0.4 is 5.73 Å². The molecular weight excluding hydrogens is 207 g/mol. The third kappa shape index (κ3) is 1.21. The minimum Gasteiger partial charge on any atom is -0.398 e. The summed E-state index contributed by atoms with van der Waals surface area (Å²) in [5, 5.41) is 8.07. The van der Waals surface area contributed by atoms with Crippen LogP contribution in [0, 0.1) is 5.82 Å². The van der Waals surface area contributed by atoms with Gasteiger partial charge in [0.2, 0.25) is 0 Å². The van der Waals surface area contributed by atoms with Crippen molar-refractivity contribution in [1.82, 2.24) is 14.8 Å². The summed E-state index contributed by atoms with van der Waals surface area (Å²) in [5.41, 5.74) is 6.55. The van der Waals surface area contributed by atoms with Crippen molar-refractivity contribution in [1.29, 1.82) is 0 Å². The van der Waals surface area contributed by atoms with Crippen molar-refractivity contribution >= 4 is 5.69 Å². The first kappa shape index (κ1) is 9.33. The molecule has 1 aliphatic heterocycles. The van der Waals surface area contributed by atoms with E-state index in [-0.39, 0.29) is 5.82 Å². The summed E-state index contributed by atoms with van der Waals surface area (Å²) in [6, 6.07) is 4.66. The molecule has 2 heterocycles. The molecule has 1 aromatic heterocycles. The van der Waals surface area contributed by atoms with Crippen LogP contribution in [0.5, 0.6) is 0 Å². The van der Waals surface area contributed by atoms with Crippen LogP contribution in [0.4, 0.5) is 10.1 Å². The second kappa shape index (κ2) is 3.30. The van der Waals surface area contributed by atoms with Gasteiger partial charge in [0, 0.05) is 18.7 Å². The lowest BCUT2D eigenvalue weighted by atomic mass is 10.1. The van der Waals surface area contributed by atoms with Gasteiger partial charge in [-0.1, -0.05) is 6.07 Å². The summed E-state index contributed by atoms with van der Waals surface area (Å²) in [6.45, 7) is 0.839. The summed E-state index contributed by atoms with van der Waals surface area (Å²) in [4.78, 5) is 0. The maximum absolute atomic E-state index is 13.7. The fourth-order valence-electron chi connectivity index (χ4n) is 2.11. The van der Waals surface area contributed by atoms with E-state index >= 15 is 0 Å². The Bertz CT molecular complexity index is 527. The summed E-state index contributed by atoms with van der Waals surface area (Å²) < 4.78 is 15.7. The van der Waals surface area contributed by atoms with Gasteiger partial charge in [0.15, 0.2) is 5.82 Å². The molecule has 0 fully saturated rings. The highest BCUT2D eigenvalue weighted by Crippen LogP contribution is 2.29. The average Bonchev–Trinajstić information content (AvgIpc) is 2.81. The van der Waals surface area contributed by atoms with Gasteiger partial charge in [0.1, 0.15) is 11.6 Å². The SMILES string of the molecule is Nc1cccc(F)c1-c1nnc2n1CCC2. The van der Waals surface area contributed by atoms with Gasteiger partial charge in [0.05, 0.1) is 5.56 Å². The second-order valence-electron chi connectivity index (χ2n) is 3.90. The standard InChI is InChI=1S/C11H11FN4/c12-7-3-1-4-8(13)10(7)11-15-14-9-5-2-6-16(9)11/h1,3-4H,2,5-6,13H2. The number of rotatable bonds is 1. The normalized spacial score (nSPS) is 14.1. The topological polar surface area (TPSA) is 56.7 Å². The molecule has 0 aliphatic carbocycles. The van der Waals surface area contributed by atoms with E-state index < -0.39 is 0 Å². The molecule has 1 aromatic carbocycles. The van der Waals surface area contributed by atoms with Crippen LogP contribution in [0.3, 0.4) is 0 Å². The van der Waals surface area contributed by atoms with E-state index in [2.05, 4.69) is 10.2 Å². The zero-order valence-electron chi connectivity index (χ0n) is 8.65. The fraction of sp³-hybridized carbons (Fsp3) is 0.273. The third-order valence-electron chi connectivity index (χ3n) is 2.88. The molecule has 2 N–H and O–H groups in total. The number of nitrogens with two attached hydrogens (primary N) is 1. The van der Waals surface area contributed by atoms with Gasteiger partial charge in [-0.25, -0.2) is 4.39 Å². The van der Waals surface area contributed by atoms with Crippen molar-refractivity contribution in [2.45, 2.75) is 19.4 Å². The number of fused-ring (bicyclic) bond motifs is 1. The zero-order valence-corrected chi connectivity index (χ0v) is 8.65. The smallest absolute Gasteiger partial charge is 0.169 e. The Hall–Kier alpha value is -1.91. The molecule has 0 unspecified atom stereocenters. The number of halogens is 1. The van der Waals surface area contributed by atoms with Gasteiger partial charge in [-0.05, 0) is 18.6 Å². The van der Waals surface area contributed by atoms with Crippen LogP contribution in [-0.4, -0.2) is 14.8 Å². The van der Waals surface area contributed by atoms with E-state index in [4.69, 9.17) is 5.73 Å². The van der Waals surface area contributed by atoms with E-state index in [1.54, 1.807) is 12.1 Å². The van der Waals surface area contributed by atoms with Gasteiger partial charge in [-0.3, -0.25) is 0 Å². The van der Waals surface area contributed by atoms with Crippen molar-refractivity contribution < 1.29 is 4.39 Å². The van der Waals surface area contributed by atoms with Crippen LogP contribution in [0.25, 0.3) is 11.4 Å². The van der Waals surface area contributed by atoms with Gasteiger partial charge >= 0.3 is 0 Å². The first-order valence-corrected chi connectivity index (χ1v) is 5.24. The quantitative estimate of drug-likeness (QED) is 0.740. The molecule has 1 aliphatic rings. The Morgan fingerprint density at radius 2 is 2.19 bits per heavy atom. The molecule has 0 radical (unpaired) electrons. The minimum atomic E-state index is -0.345.